The number of rotatable bonds is 6. The first-order valence-electron chi connectivity index (χ1n) is 5.36. The lowest BCUT2D eigenvalue weighted by Crippen LogP contribution is -2.15. The fraction of sp³-hybridized carbons (Fsp3) is 0.231. The van der Waals surface area contributed by atoms with Gasteiger partial charge in [-0.3, -0.25) is 0 Å². The number of hydrogen-bond donors (Lipinski definition) is 1. The van der Waals surface area contributed by atoms with Crippen molar-refractivity contribution in [2.24, 2.45) is 0 Å². The molecule has 0 radical (unpaired) electrons. The highest BCUT2D eigenvalue weighted by Gasteiger charge is 1.94. The van der Waals surface area contributed by atoms with Crippen molar-refractivity contribution in [2.45, 2.75) is 11.4 Å². The van der Waals surface area contributed by atoms with E-state index in [1.54, 1.807) is 0 Å². The molecule has 0 fully saturated rings. The first-order chi connectivity index (χ1) is 7.95. The maximum absolute atomic E-state index is 3.45. The Kier molecular flexibility index (Phi) is 4.93. The van der Waals surface area contributed by atoms with Gasteiger partial charge in [0, 0.05) is 28.6 Å². The number of thiophene rings is 1. The third-order valence-electron chi connectivity index (χ3n) is 2.17. The molecule has 1 nitrogen and oxygen atoms in total. The van der Waals surface area contributed by atoms with Crippen LogP contribution in [0.5, 0.6) is 0 Å². The van der Waals surface area contributed by atoms with Gasteiger partial charge in [0.1, 0.15) is 0 Å². The predicted molar refractivity (Wildman–Crippen MR) is 73.2 cm³/mol. The van der Waals surface area contributed by atoms with Gasteiger partial charge in [0.2, 0.25) is 0 Å². The largest absolute Gasteiger partial charge is 0.311 e. The molecule has 0 amide bonds. The SMILES string of the molecule is c1ccc(SCCNCc2cccs2)cc1. The first kappa shape index (κ1) is 11.7. The molecule has 1 aromatic carbocycles. The predicted octanol–water partition coefficient (Wildman–Crippen LogP) is 3.63. The van der Waals surface area contributed by atoms with Crippen LogP contribution in [-0.4, -0.2) is 12.3 Å². The molecule has 0 saturated heterocycles. The van der Waals surface area contributed by atoms with E-state index >= 15 is 0 Å². The lowest BCUT2D eigenvalue weighted by Gasteiger charge is -2.03. The van der Waals surface area contributed by atoms with Crippen LogP contribution in [0.3, 0.4) is 0 Å². The van der Waals surface area contributed by atoms with Gasteiger partial charge in [0.05, 0.1) is 0 Å². The monoisotopic (exact) mass is 249 g/mol. The van der Waals surface area contributed by atoms with Gasteiger partial charge in [0.15, 0.2) is 0 Å². The second-order valence-corrected chi connectivity index (χ2v) is 5.62. The molecule has 0 aliphatic rings. The van der Waals surface area contributed by atoms with Gasteiger partial charge in [-0.05, 0) is 23.6 Å². The van der Waals surface area contributed by atoms with E-state index in [0.717, 1.165) is 18.8 Å². The molecule has 84 valence electrons. The van der Waals surface area contributed by atoms with Crippen molar-refractivity contribution in [1.29, 1.82) is 0 Å². The first-order valence-corrected chi connectivity index (χ1v) is 7.22. The van der Waals surface area contributed by atoms with Gasteiger partial charge >= 0.3 is 0 Å². The molecule has 0 atom stereocenters. The molecular weight excluding hydrogens is 234 g/mol. The Morgan fingerprint density at radius 1 is 1.06 bits per heavy atom. The Morgan fingerprint density at radius 3 is 2.69 bits per heavy atom. The Morgan fingerprint density at radius 2 is 1.94 bits per heavy atom. The summed E-state index contributed by atoms with van der Waals surface area (Å²) in [5, 5.41) is 5.57. The van der Waals surface area contributed by atoms with Gasteiger partial charge < -0.3 is 5.32 Å². The van der Waals surface area contributed by atoms with E-state index in [1.165, 1.54) is 9.77 Å². The molecule has 16 heavy (non-hydrogen) atoms. The Balaban J connectivity index is 1.59. The van der Waals surface area contributed by atoms with Gasteiger partial charge in [-0.15, -0.1) is 23.1 Å². The molecule has 0 unspecified atom stereocenters. The summed E-state index contributed by atoms with van der Waals surface area (Å²) >= 11 is 3.71. The van der Waals surface area contributed by atoms with Crippen molar-refractivity contribution in [3.05, 3.63) is 52.7 Å². The topological polar surface area (TPSA) is 12.0 Å². The van der Waals surface area contributed by atoms with Crippen molar-refractivity contribution in [3.8, 4) is 0 Å². The summed E-state index contributed by atoms with van der Waals surface area (Å²) in [6.07, 6.45) is 0. The molecule has 1 N–H and O–H groups in total. The molecule has 0 aliphatic heterocycles. The maximum Gasteiger partial charge on any atom is 0.0300 e. The van der Waals surface area contributed by atoms with Gasteiger partial charge in [-0.2, -0.15) is 0 Å². The fourth-order valence-electron chi connectivity index (χ4n) is 1.38. The summed E-state index contributed by atoms with van der Waals surface area (Å²) in [7, 11) is 0. The standard InChI is InChI=1S/C13H15NS2/c1-2-5-12(6-3-1)16-10-8-14-11-13-7-4-9-15-13/h1-7,9,14H,8,10-11H2. The normalized spacial score (nSPS) is 10.5. The van der Waals surface area contributed by atoms with Gasteiger partial charge in [0.25, 0.3) is 0 Å². The molecule has 2 rings (SSSR count). The van der Waals surface area contributed by atoms with Crippen LogP contribution in [0.1, 0.15) is 4.88 Å². The molecule has 2 aromatic rings. The Labute approximate surface area is 105 Å². The Bertz CT molecular complexity index is 384. The van der Waals surface area contributed by atoms with Crippen LogP contribution in [0, 0.1) is 0 Å². The van der Waals surface area contributed by atoms with Crippen molar-refractivity contribution in [2.75, 3.05) is 12.3 Å². The third kappa shape index (κ3) is 4.00. The van der Waals surface area contributed by atoms with E-state index in [2.05, 4.69) is 53.2 Å². The number of nitrogens with one attached hydrogen (secondary N) is 1. The van der Waals surface area contributed by atoms with Crippen LogP contribution in [0.4, 0.5) is 0 Å². The Hall–Kier alpha value is -0.770. The number of thioether (sulfide) groups is 1. The maximum atomic E-state index is 3.45. The number of benzene rings is 1. The van der Waals surface area contributed by atoms with Crippen LogP contribution < -0.4 is 5.32 Å². The molecule has 3 heteroatoms. The quantitative estimate of drug-likeness (QED) is 0.620. The lowest BCUT2D eigenvalue weighted by atomic mass is 10.4. The summed E-state index contributed by atoms with van der Waals surface area (Å²) in [6, 6.07) is 14.8. The minimum absolute atomic E-state index is 0.993. The van der Waals surface area contributed by atoms with Crippen molar-refractivity contribution in [1.82, 2.24) is 5.32 Å². The zero-order chi connectivity index (χ0) is 11.1. The zero-order valence-corrected chi connectivity index (χ0v) is 10.7. The van der Waals surface area contributed by atoms with Crippen molar-refractivity contribution < 1.29 is 0 Å². The highest BCUT2D eigenvalue weighted by molar-refractivity contribution is 7.99. The molecule has 0 aliphatic carbocycles. The van der Waals surface area contributed by atoms with Crippen LogP contribution in [0.15, 0.2) is 52.7 Å². The van der Waals surface area contributed by atoms with Crippen LogP contribution in [0.2, 0.25) is 0 Å². The van der Waals surface area contributed by atoms with E-state index in [4.69, 9.17) is 0 Å². The zero-order valence-electron chi connectivity index (χ0n) is 9.06. The molecular formula is C13H15NS2. The van der Waals surface area contributed by atoms with E-state index < -0.39 is 0 Å². The summed E-state index contributed by atoms with van der Waals surface area (Å²) in [4.78, 5) is 2.75. The average Bonchev–Trinajstić information content (AvgIpc) is 2.83. The van der Waals surface area contributed by atoms with Crippen molar-refractivity contribution in [3.63, 3.8) is 0 Å². The summed E-state index contributed by atoms with van der Waals surface area (Å²) in [5.74, 6) is 1.12. The van der Waals surface area contributed by atoms with Crippen LogP contribution >= 0.6 is 23.1 Å². The molecule has 1 heterocycles. The molecule has 1 aromatic heterocycles. The van der Waals surface area contributed by atoms with E-state index in [9.17, 15) is 0 Å². The number of hydrogen-bond acceptors (Lipinski definition) is 3. The third-order valence-corrected chi connectivity index (χ3v) is 4.06. The van der Waals surface area contributed by atoms with E-state index in [0.29, 0.717) is 0 Å². The van der Waals surface area contributed by atoms with E-state index in [1.807, 2.05) is 23.1 Å². The second-order valence-electron chi connectivity index (χ2n) is 3.42. The smallest absolute Gasteiger partial charge is 0.0300 e. The van der Waals surface area contributed by atoms with Crippen LogP contribution in [-0.2, 0) is 6.54 Å². The molecule has 0 spiro atoms. The molecule has 0 saturated carbocycles. The van der Waals surface area contributed by atoms with Crippen molar-refractivity contribution >= 4 is 23.1 Å². The minimum atomic E-state index is 0.993. The summed E-state index contributed by atoms with van der Waals surface area (Å²) < 4.78 is 0. The van der Waals surface area contributed by atoms with Crippen LogP contribution in [0.25, 0.3) is 0 Å². The average molecular weight is 249 g/mol. The minimum Gasteiger partial charge on any atom is -0.311 e. The van der Waals surface area contributed by atoms with Gasteiger partial charge in [-0.25, -0.2) is 0 Å². The highest BCUT2D eigenvalue weighted by Crippen LogP contribution is 2.15. The summed E-state index contributed by atoms with van der Waals surface area (Å²) in [6.45, 7) is 2.05. The lowest BCUT2D eigenvalue weighted by molar-refractivity contribution is 0.741. The molecule has 0 bridgehead atoms. The van der Waals surface area contributed by atoms with E-state index in [-0.39, 0.29) is 0 Å². The second kappa shape index (κ2) is 6.74. The summed E-state index contributed by atoms with van der Waals surface area (Å²) in [5.41, 5.74) is 0. The fourth-order valence-corrected chi connectivity index (χ4v) is 2.89. The highest BCUT2D eigenvalue weighted by atomic mass is 32.2. The van der Waals surface area contributed by atoms with Gasteiger partial charge in [-0.1, -0.05) is 24.3 Å².